The highest BCUT2D eigenvalue weighted by Crippen LogP contribution is 2.36. The van der Waals surface area contributed by atoms with E-state index >= 15 is 0 Å². The van der Waals surface area contributed by atoms with Crippen molar-refractivity contribution >= 4 is 17.6 Å². The van der Waals surface area contributed by atoms with Gasteiger partial charge in [0.1, 0.15) is 0 Å². The van der Waals surface area contributed by atoms with Gasteiger partial charge < -0.3 is 4.74 Å². The van der Waals surface area contributed by atoms with E-state index in [2.05, 4.69) is 41.3 Å². The van der Waals surface area contributed by atoms with Crippen LogP contribution < -0.4 is 5.43 Å². The van der Waals surface area contributed by atoms with Gasteiger partial charge in [0.05, 0.1) is 17.9 Å². The zero-order chi connectivity index (χ0) is 17.0. The Bertz CT molecular complexity index is 611. The van der Waals surface area contributed by atoms with Crippen molar-refractivity contribution in [2.45, 2.75) is 53.9 Å². The number of nitrogens with one attached hydrogen (secondary N) is 1. The van der Waals surface area contributed by atoms with Crippen molar-refractivity contribution in [3.05, 3.63) is 17.5 Å². The lowest BCUT2D eigenvalue weighted by Crippen LogP contribution is -2.28. The van der Waals surface area contributed by atoms with E-state index in [1.165, 1.54) is 12.6 Å². The molecular formula is C17H26N4O2. The fourth-order valence-corrected chi connectivity index (χ4v) is 3.26. The molecule has 6 nitrogen and oxygen atoms in total. The van der Waals surface area contributed by atoms with Gasteiger partial charge in [0.2, 0.25) is 5.95 Å². The largest absolute Gasteiger partial charge is 0.462 e. The SMILES string of the molecule is CCOC(=O)c1cnc(N/N=C2/C[C@H](C)CC(C)(C)C2)nc1C. The molecule has 0 aromatic carbocycles. The van der Waals surface area contributed by atoms with Gasteiger partial charge in [-0.25, -0.2) is 20.2 Å². The number of nitrogens with zero attached hydrogens (tertiary/aromatic N) is 3. The van der Waals surface area contributed by atoms with Crippen LogP contribution in [0.1, 0.15) is 63.0 Å². The average Bonchev–Trinajstić information content (AvgIpc) is 2.43. The zero-order valence-electron chi connectivity index (χ0n) is 14.6. The van der Waals surface area contributed by atoms with Crippen molar-refractivity contribution in [3.63, 3.8) is 0 Å². The maximum absolute atomic E-state index is 11.7. The molecule has 1 aromatic heterocycles. The number of ether oxygens (including phenoxy) is 1. The first kappa shape index (κ1) is 17.4. The minimum absolute atomic E-state index is 0.280. The predicted molar refractivity (Wildman–Crippen MR) is 90.6 cm³/mol. The van der Waals surface area contributed by atoms with Crippen molar-refractivity contribution < 1.29 is 9.53 Å². The van der Waals surface area contributed by atoms with Crippen molar-refractivity contribution in [1.82, 2.24) is 9.97 Å². The number of carbonyl (C=O) groups is 1. The highest BCUT2D eigenvalue weighted by atomic mass is 16.5. The van der Waals surface area contributed by atoms with Gasteiger partial charge in [0, 0.05) is 11.9 Å². The molecule has 1 heterocycles. The smallest absolute Gasteiger partial charge is 0.341 e. The summed E-state index contributed by atoms with van der Waals surface area (Å²) >= 11 is 0. The highest BCUT2D eigenvalue weighted by molar-refractivity contribution is 5.90. The van der Waals surface area contributed by atoms with Crippen molar-refractivity contribution in [2.75, 3.05) is 12.0 Å². The molecule has 1 atom stereocenters. The molecule has 126 valence electrons. The molecule has 1 fully saturated rings. The fraction of sp³-hybridized carbons (Fsp3) is 0.647. The Kier molecular flexibility index (Phi) is 5.34. The molecule has 0 aliphatic heterocycles. The molecule has 1 saturated carbocycles. The number of hydrogen-bond acceptors (Lipinski definition) is 6. The normalized spacial score (nSPS) is 22.0. The Hall–Kier alpha value is -1.98. The Morgan fingerprint density at radius 3 is 2.87 bits per heavy atom. The van der Waals surface area contributed by atoms with Gasteiger partial charge in [0.15, 0.2) is 0 Å². The van der Waals surface area contributed by atoms with E-state index in [-0.39, 0.29) is 5.41 Å². The summed E-state index contributed by atoms with van der Waals surface area (Å²) in [4.78, 5) is 20.2. The summed E-state index contributed by atoms with van der Waals surface area (Å²) in [6.45, 7) is 10.7. The van der Waals surface area contributed by atoms with Crippen LogP contribution in [0.2, 0.25) is 0 Å². The van der Waals surface area contributed by atoms with E-state index in [1.54, 1.807) is 13.8 Å². The maximum Gasteiger partial charge on any atom is 0.341 e. The molecule has 0 bridgehead atoms. The number of aryl methyl sites for hydroxylation is 1. The van der Waals surface area contributed by atoms with Crippen LogP contribution in [0.3, 0.4) is 0 Å². The van der Waals surface area contributed by atoms with E-state index in [0.717, 1.165) is 18.6 Å². The summed E-state index contributed by atoms with van der Waals surface area (Å²) in [5.74, 6) is 0.637. The van der Waals surface area contributed by atoms with Crippen LogP contribution >= 0.6 is 0 Å². The quantitative estimate of drug-likeness (QED) is 0.678. The van der Waals surface area contributed by atoms with Crippen LogP contribution in [0, 0.1) is 18.3 Å². The summed E-state index contributed by atoms with van der Waals surface area (Å²) in [6.07, 6.45) is 4.67. The standard InChI is InChI=1S/C17H26N4O2/c1-6-23-15(22)14-10-18-16(19-12(14)3)21-20-13-7-11(2)8-17(4,5)9-13/h10-11H,6-9H2,1-5H3,(H,18,19,21)/b20-13-/t11-/m0/s1. The maximum atomic E-state index is 11.7. The number of rotatable bonds is 4. The summed E-state index contributed by atoms with van der Waals surface area (Å²) in [5, 5.41) is 4.48. The van der Waals surface area contributed by atoms with E-state index in [0.29, 0.717) is 29.7 Å². The van der Waals surface area contributed by atoms with Crippen molar-refractivity contribution in [1.29, 1.82) is 0 Å². The molecule has 0 radical (unpaired) electrons. The zero-order valence-corrected chi connectivity index (χ0v) is 14.6. The Balaban J connectivity index is 2.07. The van der Waals surface area contributed by atoms with Crippen LogP contribution in [0.25, 0.3) is 0 Å². The van der Waals surface area contributed by atoms with Crippen LogP contribution in [-0.4, -0.2) is 28.3 Å². The lowest BCUT2D eigenvalue weighted by atomic mass is 9.72. The lowest BCUT2D eigenvalue weighted by molar-refractivity contribution is 0.0524. The van der Waals surface area contributed by atoms with E-state index in [1.807, 2.05) is 0 Å². The Morgan fingerprint density at radius 2 is 2.26 bits per heavy atom. The van der Waals surface area contributed by atoms with E-state index < -0.39 is 5.97 Å². The third kappa shape index (κ3) is 4.74. The second-order valence-corrected chi connectivity index (χ2v) is 7.06. The Morgan fingerprint density at radius 1 is 1.52 bits per heavy atom. The topological polar surface area (TPSA) is 76.5 Å². The molecule has 1 aliphatic carbocycles. The minimum atomic E-state index is -0.397. The Labute approximate surface area is 137 Å². The molecule has 0 spiro atoms. The lowest BCUT2D eigenvalue weighted by Gasteiger charge is -2.34. The molecule has 1 N–H and O–H groups in total. The van der Waals surface area contributed by atoms with Gasteiger partial charge in [0.25, 0.3) is 0 Å². The van der Waals surface area contributed by atoms with Gasteiger partial charge in [-0.15, -0.1) is 0 Å². The molecule has 1 aliphatic rings. The highest BCUT2D eigenvalue weighted by Gasteiger charge is 2.29. The molecular weight excluding hydrogens is 292 g/mol. The van der Waals surface area contributed by atoms with Gasteiger partial charge in [-0.3, -0.25) is 0 Å². The number of hydrazone groups is 1. The number of anilines is 1. The van der Waals surface area contributed by atoms with Crippen LogP contribution in [0.15, 0.2) is 11.3 Å². The summed E-state index contributed by atoms with van der Waals surface area (Å²) in [7, 11) is 0. The predicted octanol–water partition coefficient (Wildman–Crippen LogP) is 3.58. The average molecular weight is 318 g/mol. The van der Waals surface area contributed by atoms with Gasteiger partial charge in [-0.05, 0) is 44.4 Å². The van der Waals surface area contributed by atoms with Gasteiger partial charge in [-0.1, -0.05) is 20.8 Å². The van der Waals surface area contributed by atoms with Gasteiger partial charge in [-0.2, -0.15) is 5.10 Å². The summed E-state index contributed by atoms with van der Waals surface area (Å²) in [5.41, 5.74) is 5.32. The third-order valence-corrected chi connectivity index (χ3v) is 3.96. The number of carbonyl (C=O) groups excluding carboxylic acids is 1. The fourth-order valence-electron chi connectivity index (χ4n) is 3.26. The number of hydrogen-bond donors (Lipinski definition) is 1. The molecule has 0 saturated heterocycles. The first-order valence-electron chi connectivity index (χ1n) is 8.13. The van der Waals surface area contributed by atoms with Crippen molar-refractivity contribution in [3.8, 4) is 0 Å². The summed E-state index contributed by atoms with van der Waals surface area (Å²) in [6, 6.07) is 0. The number of esters is 1. The minimum Gasteiger partial charge on any atom is -0.462 e. The van der Waals surface area contributed by atoms with Crippen molar-refractivity contribution in [2.24, 2.45) is 16.4 Å². The number of aromatic nitrogens is 2. The molecule has 1 aromatic rings. The monoisotopic (exact) mass is 318 g/mol. The first-order valence-corrected chi connectivity index (χ1v) is 8.13. The van der Waals surface area contributed by atoms with E-state index in [9.17, 15) is 4.79 Å². The van der Waals surface area contributed by atoms with E-state index in [4.69, 9.17) is 4.74 Å². The van der Waals surface area contributed by atoms with Crippen LogP contribution in [0.5, 0.6) is 0 Å². The second kappa shape index (κ2) is 7.06. The third-order valence-electron chi connectivity index (χ3n) is 3.96. The molecule has 23 heavy (non-hydrogen) atoms. The second-order valence-electron chi connectivity index (χ2n) is 7.06. The van der Waals surface area contributed by atoms with Crippen LogP contribution in [0.4, 0.5) is 5.95 Å². The molecule has 6 heteroatoms. The molecule has 0 unspecified atom stereocenters. The first-order chi connectivity index (χ1) is 10.8. The molecule has 0 amide bonds. The van der Waals surface area contributed by atoms with Crippen LogP contribution in [-0.2, 0) is 4.74 Å². The molecule has 2 rings (SSSR count). The summed E-state index contributed by atoms with van der Waals surface area (Å²) < 4.78 is 4.97. The van der Waals surface area contributed by atoms with Gasteiger partial charge >= 0.3 is 5.97 Å².